The number of hydrogen-bond acceptors (Lipinski definition) is 2. The third-order valence-corrected chi connectivity index (χ3v) is 1.89. The van der Waals surface area contributed by atoms with Gasteiger partial charge in [0.15, 0.2) is 0 Å². The molecule has 0 aliphatic heterocycles. The van der Waals surface area contributed by atoms with Gasteiger partial charge in [0, 0.05) is 6.21 Å². The fraction of sp³-hybridized carbons (Fsp3) is 0.200. The van der Waals surface area contributed by atoms with Gasteiger partial charge in [-0.05, 0) is 18.6 Å². The molecule has 0 saturated carbocycles. The minimum Gasteiger partial charge on any atom is -0.267 e. The second kappa shape index (κ2) is 5.40. The molecule has 0 unspecified atom stereocenters. The molecular weight excluding hydrogens is 200 g/mol. The van der Waals surface area contributed by atoms with Gasteiger partial charge < -0.3 is 0 Å². The number of carbonyl (C=O) groups excluding carboxylic acids is 1. The summed E-state index contributed by atoms with van der Waals surface area (Å²) in [7, 11) is 0. The van der Waals surface area contributed by atoms with Crippen LogP contribution in [-0.4, -0.2) is 12.1 Å². The van der Waals surface area contributed by atoms with Crippen LogP contribution in [0.2, 0.25) is 5.02 Å². The number of halogens is 1. The minimum atomic E-state index is -0.291. The van der Waals surface area contributed by atoms with Gasteiger partial charge in [-0.1, -0.05) is 30.7 Å². The molecule has 1 amide bonds. The van der Waals surface area contributed by atoms with Gasteiger partial charge in [0.05, 0.1) is 10.6 Å². The molecule has 14 heavy (non-hydrogen) atoms. The summed E-state index contributed by atoms with van der Waals surface area (Å²) in [5, 5.41) is 4.15. The first-order valence-corrected chi connectivity index (χ1v) is 4.70. The zero-order valence-electron chi connectivity index (χ0n) is 7.83. The summed E-state index contributed by atoms with van der Waals surface area (Å²) in [4.78, 5) is 11.4. The van der Waals surface area contributed by atoms with Crippen molar-refractivity contribution in [1.82, 2.24) is 5.43 Å². The highest BCUT2D eigenvalue weighted by Gasteiger charge is 2.07. The standard InChI is InChI=1S/C10H11ClN2O/c1-2-7-12-13-10(14)8-5-3-4-6-9(8)11/h3-7H,2H2,1H3,(H,13,14). The van der Waals surface area contributed by atoms with E-state index in [0.717, 1.165) is 6.42 Å². The molecule has 1 aromatic carbocycles. The molecule has 0 heterocycles. The Morgan fingerprint density at radius 2 is 2.29 bits per heavy atom. The summed E-state index contributed by atoms with van der Waals surface area (Å²) >= 11 is 5.82. The van der Waals surface area contributed by atoms with E-state index in [9.17, 15) is 4.79 Å². The molecule has 0 bridgehead atoms. The van der Waals surface area contributed by atoms with Gasteiger partial charge in [0.2, 0.25) is 0 Å². The lowest BCUT2D eigenvalue weighted by Gasteiger charge is -2.00. The predicted octanol–water partition coefficient (Wildman–Crippen LogP) is 2.47. The van der Waals surface area contributed by atoms with Crippen LogP contribution in [0.1, 0.15) is 23.7 Å². The Hall–Kier alpha value is -1.35. The molecule has 0 aliphatic rings. The lowest BCUT2D eigenvalue weighted by molar-refractivity contribution is 0.0955. The van der Waals surface area contributed by atoms with Crippen LogP contribution in [0, 0.1) is 0 Å². The Labute approximate surface area is 87.8 Å². The number of rotatable bonds is 3. The van der Waals surface area contributed by atoms with Crippen molar-refractivity contribution in [3.63, 3.8) is 0 Å². The quantitative estimate of drug-likeness (QED) is 0.604. The molecule has 0 aliphatic carbocycles. The monoisotopic (exact) mass is 210 g/mol. The second-order valence-corrected chi connectivity index (χ2v) is 3.05. The third-order valence-electron chi connectivity index (χ3n) is 1.56. The zero-order valence-corrected chi connectivity index (χ0v) is 8.58. The number of nitrogens with one attached hydrogen (secondary N) is 1. The molecule has 0 spiro atoms. The van der Waals surface area contributed by atoms with E-state index in [-0.39, 0.29) is 5.91 Å². The molecule has 1 N–H and O–H groups in total. The van der Waals surface area contributed by atoms with Crippen molar-refractivity contribution in [2.24, 2.45) is 5.10 Å². The summed E-state index contributed by atoms with van der Waals surface area (Å²) in [6, 6.07) is 6.85. The highest BCUT2D eigenvalue weighted by molar-refractivity contribution is 6.33. The molecule has 0 aromatic heterocycles. The van der Waals surface area contributed by atoms with Crippen molar-refractivity contribution in [2.45, 2.75) is 13.3 Å². The second-order valence-electron chi connectivity index (χ2n) is 2.64. The van der Waals surface area contributed by atoms with Gasteiger partial charge in [-0.25, -0.2) is 5.43 Å². The number of hydrazone groups is 1. The van der Waals surface area contributed by atoms with Crippen LogP contribution in [0.15, 0.2) is 29.4 Å². The van der Waals surface area contributed by atoms with E-state index in [1.54, 1.807) is 30.5 Å². The molecule has 3 nitrogen and oxygen atoms in total. The first kappa shape index (κ1) is 10.7. The van der Waals surface area contributed by atoms with Gasteiger partial charge in [-0.3, -0.25) is 4.79 Å². The average Bonchev–Trinajstić information content (AvgIpc) is 2.18. The largest absolute Gasteiger partial charge is 0.272 e. The maximum absolute atomic E-state index is 11.4. The molecule has 4 heteroatoms. The van der Waals surface area contributed by atoms with Crippen molar-refractivity contribution >= 4 is 23.7 Å². The smallest absolute Gasteiger partial charge is 0.267 e. The molecule has 74 valence electrons. The molecule has 1 rings (SSSR count). The van der Waals surface area contributed by atoms with Crippen molar-refractivity contribution in [3.05, 3.63) is 34.9 Å². The Bertz CT molecular complexity index is 350. The lowest BCUT2D eigenvalue weighted by atomic mass is 10.2. The van der Waals surface area contributed by atoms with Crippen LogP contribution in [0.25, 0.3) is 0 Å². The summed E-state index contributed by atoms with van der Waals surface area (Å²) in [6.07, 6.45) is 2.40. The van der Waals surface area contributed by atoms with Gasteiger partial charge >= 0.3 is 0 Å². The zero-order chi connectivity index (χ0) is 10.4. The van der Waals surface area contributed by atoms with E-state index >= 15 is 0 Å². The maximum atomic E-state index is 11.4. The van der Waals surface area contributed by atoms with Gasteiger partial charge in [0.1, 0.15) is 0 Å². The molecule has 0 radical (unpaired) electrons. The topological polar surface area (TPSA) is 41.5 Å². The van der Waals surface area contributed by atoms with Crippen molar-refractivity contribution < 1.29 is 4.79 Å². The van der Waals surface area contributed by atoms with E-state index in [1.807, 2.05) is 6.92 Å². The lowest BCUT2D eigenvalue weighted by Crippen LogP contribution is -2.17. The normalized spacial score (nSPS) is 10.4. The van der Waals surface area contributed by atoms with Crippen molar-refractivity contribution in [2.75, 3.05) is 0 Å². The van der Waals surface area contributed by atoms with Crippen LogP contribution in [0.3, 0.4) is 0 Å². The number of benzene rings is 1. The maximum Gasteiger partial charge on any atom is 0.272 e. The SMILES string of the molecule is CCC=NNC(=O)c1ccccc1Cl. The summed E-state index contributed by atoms with van der Waals surface area (Å²) < 4.78 is 0. The highest BCUT2D eigenvalue weighted by atomic mass is 35.5. The van der Waals surface area contributed by atoms with E-state index in [0.29, 0.717) is 10.6 Å². The Kier molecular flexibility index (Phi) is 4.13. The van der Waals surface area contributed by atoms with Crippen molar-refractivity contribution in [1.29, 1.82) is 0 Å². The minimum absolute atomic E-state index is 0.291. The van der Waals surface area contributed by atoms with Crippen LogP contribution in [0.4, 0.5) is 0 Å². The first-order valence-electron chi connectivity index (χ1n) is 4.32. The fourth-order valence-electron chi connectivity index (χ4n) is 0.901. The third kappa shape index (κ3) is 2.85. The van der Waals surface area contributed by atoms with Gasteiger partial charge in [-0.2, -0.15) is 5.10 Å². The summed E-state index contributed by atoms with van der Waals surface area (Å²) in [5.74, 6) is -0.291. The Morgan fingerprint density at radius 1 is 1.57 bits per heavy atom. The highest BCUT2D eigenvalue weighted by Crippen LogP contribution is 2.14. The van der Waals surface area contributed by atoms with E-state index in [1.165, 1.54) is 0 Å². The molecule has 0 fully saturated rings. The molecular formula is C10H11ClN2O. The van der Waals surface area contributed by atoms with Crippen LogP contribution >= 0.6 is 11.6 Å². The van der Waals surface area contributed by atoms with Gasteiger partial charge in [-0.15, -0.1) is 0 Å². The van der Waals surface area contributed by atoms with E-state index in [4.69, 9.17) is 11.6 Å². The Morgan fingerprint density at radius 3 is 2.93 bits per heavy atom. The Balaban J connectivity index is 2.70. The fourth-order valence-corrected chi connectivity index (χ4v) is 1.12. The number of nitrogens with zero attached hydrogens (tertiary/aromatic N) is 1. The predicted molar refractivity (Wildman–Crippen MR) is 57.7 cm³/mol. The van der Waals surface area contributed by atoms with Crippen molar-refractivity contribution in [3.8, 4) is 0 Å². The van der Waals surface area contributed by atoms with Crippen LogP contribution in [0.5, 0.6) is 0 Å². The number of amides is 1. The number of carbonyl (C=O) groups is 1. The van der Waals surface area contributed by atoms with Gasteiger partial charge in [0.25, 0.3) is 5.91 Å². The number of hydrogen-bond donors (Lipinski definition) is 1. The summed E-state index contributed by atoms with van der Waals surface area (Å²) in [5.41, 5.74) is 2.82. The van der Waals surface area contributed by atoms with E-state index in [2.05, 4.69) is 10.5 Å². The average molecular weight is 211 g/mol. The van der Waals surface area contributed by atoms with E-state index < -0.39 is 0 Å². The van der Waals surface area contributed by atoms with Crippen LogP contribution < -0.4 is 5.43 Å². The first-order chi connectivity index (χ1) is 6.75. The molecule has 1 aromatic rings. The summed E-state index contributed by atoms with van der Waals surface area (Å²) in [6.45, 7) is 1.94. The molecule has 0 atom stereocenters. The van der Waals surface area contributed by atoms with Crippen LogP contribution in [-0.2, 0) is 0 Å². The molecule has 0 saturated heterocycles.